The van der Waals surface area contributed by atoms with Gasteiger partial charge in [-0.15, -0.1) is 0 Å². The first-order valence-corrected chi connectivity index (χ1v) is 10.5. The van der Waals surface area contributed by atoms with Crippen LogP contribution in [0.2, 0.25) is 0 Å². The highest BCUT2D eigenvalue weighted by Crippen LogP contribution is 2.34. The number of likely N-dealkylation sites (tertiary alicyclic amines) is 1. The van der Waals surface area contributed by atoms with E-state index in [1.54, 1.807) is 17.0 Å². The van der Waals surface area contributed by atoms with E-state index in [0.29, 0.717) is 18.7 Å². The number of nitrogens with zero attached hydrogens (tertiary/aromatic N) is 2. The Labute approximate surface area is 191 Å². The van der Waals surface area contributed by atoms with Gasteiger partial charge in [-0.2, -0.15) is 0 Å². The van der Waals surface area contributed by atoms with Gasteiger partial charge in [-0.3, -0.25) is 19.2 Å². The van der Waals surface area contributed by atoms with Gasteiger partial charge in [0.05, 0.1) is 25.0 Å². The van der Waals surface area contributed by atoms with Crippen LogP contribution in [0.25, 0.3) is 0 Å². The van der Waals surface area contributed by atoms with Crippen molar-refractivity contribution in [1.29, 1.82) is 0 Å². The molecule has 1 saturated heterocycles. The first-order valence-electron chi connectivity index (χ1n) is 10.5. The average Bonchev–Trinajstić information content (AvgIpc) is 2.78. The molecule has 4 N–H and O–H groups in total. The molecule has 1 aliphatic heterocycles. The third-order valence-corrected chi connectivity index (χ3v) is 5.46. The molecule has 2 atom stereocenters. The smallest absolute Gasteiger partial charge is 0.313 e. The van der Waals surface area contributed by atoms with Crippen LogP contribution >= 0.6 is 0 Å². The third kappa shape index (κ3) is 5.65. The van der Waals surface area contributed by atoms with E-state index >= 15 is 0 Å². The van der Waals surface area contributed by atoms with Gasteiger partial charge in [-0.1, -0.05) is 19.1 Å². The number of ether oxygens (including phenoxy) is 1. The van der Waals surface area contributed by atoms with E-state index in [1.807, 2.05) is 19.1 Å². The summed E-state index contributed by atoms with van der Waals surface area (Å²) in [6.45, 7) is 3.89. The van der Waals surface area contributed by atoms with Gasteiger partial charge in [0.25, 0.3) is 5.91 Å². The maximum absolute atomic E-state index is 13.1. The van der Waals surface area contributed by atoms with Gasteiger partial charge in [0, 0.05) is 19.2 Å². The maximum atomic E-state index is 13.1. The summed E-state index contributed by atoms with van der Waals surface area (Å²) >= 11 is 0. The fraction of sp³-hybridized carbons (Fsp3) is 0.348. The number of pyridine rings is 1. The Morgan fingerprint density at radius 2 is 1.79 bits per heavy atom. The number of anilines is 2. The third-order valence-electron chi connectivity index (χ3n) is 5.46. The highest BCUT2D eigenvalue weighted by atomic mass is 16.5. The molecule has 3 rings (SSSR count). The molecule has 1 aromatic carbocycles. The molecule has 174 valence electrons. The standard InChI is InChI=1S/C23H27N5O5/c1-13-4-9-19(15-5-7-16(8-6-15)26-14(2)29)28(12-13)23(32)21(31)27-17-10-18(20(24)30)22(33-3)25-11-17/h5-8,10-11,13,19H,4,9,12H2,1-3H3,(H2,24,30)(H,26,29)(H,27,31)/t13-,19+/m0/s1. The number of primary amides is 1. The molecule has 0 unspecified atom stereocenters. The Bertz CT molecular complexity index is 1070. The van der Waals surface area contributed by atoms with Gasteiger partial charge in [0.2, 0.25) is 11.8 Å². The van der Waals surface area contributed by atoms with Crippen molar-refractivity contribution in [3.05, 3.63) is 47.7 Å². The molecule has 0 spiro atoms. The highest BCUT2D eigenvalue weighted by Gasteiger charge is 2.34. The molecule has 0 saturated carbocycles. The van der Waals surface area contributed by atoms with E-state index < -0.39 is 17.7 Å². The Balaban J connectivity index is 1.79. The number of benzene rings is 1. The minimum atomic E-state index is -0.841. The molecular formula is C23H27N5O5. The van der Waals surface area contributed by atoms with Crippen molar-refractivity contribution in [3.8, 4) is 5.88 Å². The van der Waals surface area contributed by atoms with Crippen molar-refractivity contribution in [3.63, 3.8) is 0 Å². The fourth-order valence-electron chi connectivity index (χ4n) is 3.89. The molecule has 10 heteroatoms. The Morgan fingerprint density at radius 1 is 1.09 bits per heavy atom. The molecular weight excluding hydrogens is 426 g/mol. The maximum Gasteiger partial charge on any atom is 0.313 e. The van der Waals surface area contributed by atoms with Crippen molar-refractivity contribution in [2.24, 2.45) is 11.7 Å². The summed E-state index contributed by atoms with van der Waals surface area (Å²) in [5, 5.41) is 5.21. The van der Waals surface area contributed by atoms with Crippen LogP contribution < -0.4 is 21.1 Å². The fourth-order valence-corrected chi connectivity index (χ4v) is 3.89. The lowest BCUT2D eigenvalue weighted by Crippen LogP contribution is -2.46. The quantitative estimate of drug-likeness (QED) is 0.592. The van der Waals surface area contributed by atoms with Crippen molar-refractivity contribution in [1.82, 2.24) is 9.88 Å². The molecule has 1 aromatic heterocycles. The number of methoxy groups -OCH3 is 1. The molecule has 1 aliphatic rings. The van der Waals surface area contributed by atoms with Crippen LogP contribution in [0.3, 0.4) is 0 Å². The summed E-state index contributed by atoms with van der Waals surface area (Å²) in [5.41, 5.74) is 7.01. The van der Waals surface area contributed by atoms with E-state index in [4.69, 9.17) is 10.5 Å². The van der Waals surface area contributed by atoms with Crippen LogP contribution in [0.4, 0.5) is 11.4 Å². The molecule has 0 bridgehead atoms. The number of hydrogen-bond acceptors (Lipinski definition) is 6. The largest absolute Gasteiger partial charge is 0.480 e. The summed E-state index contributed by atoms with van der Waals surface area (Å²) < 4.78 is 4.99. The molecule has 0 aliphatic carbocycles. The Morgan fingerprint density at radius 3 is 2.39 bits per heavy atom. The van der Waals surface area contributed by atoms with Crippen molar-refractivity contribution >= 4 is 35.0 Å². The van der Waals surface area contributed by atoms with Crippen LogP contribution in [0.1, 0.15) is 48.7 Å². The van der Waals surface area contributed by atoms with Crippen molar-refractivity contribution < 1.29 is 23.9 Å². The first kappa shape index (κ1) is 23.7. The Kier molecular flexibility index (Phi) is 7.27. The zero-order valence-corrected chi connectivity index (χ0v) is 18.8. The van der Waals surface area contributed by atoms with Crippen molar-refractivity contribution in [2.45, 2.75) is 32.7 Å². The van der Waals surface area contributed by atoms with E-state index in [0.717, 1.165) is 12.0 Å². The predicted octanol–water partition coefficient (Wildman–Crippen LogP) is 2.09. The molecule has 10 nitrogen and oxygen atoms in total. The average molecular weight is 453 g/mol. The molecule has 2 heterocycles. The molecule has 2 aromatic rings. The second-order valence-corrected chi connectivity index (χ2v) is 8.06. The van der Waals surface area contributed by atoms with Crippen LogP contribution in [0.15, 0.2) is 36.5 Å². The second kappa shape index (κ2) is 10.1. The number of carbonyl (C=O) groups excluding carboxylic acids is 4. The Hall–Kier alpha value is -3.95. The number of aromatic nitrogens is 1. The SMILES string of the molecule is COc1ncc(NC(=O)C(=O)N2C[C@@H](C)CC[C@@H]2c2ccc(NC(C)=O)cc2)cc1C(N)=O. The molecule has 0 radical (unpaired) electrons. The zero-order valence-electron chi connectivity index (χ0n) is 18.8. The van der Waals surface area contributed by atoms with Gasteiger partial charge < -0.3 is 26.0 Å². The van der Waals surface area contributed by atoms with E-state index in [2.05, 4.69) is 15.6 Å². The summed E-state index contributed by atoms with van der Waals surface area (Å²) in [6.07, 6.45) is 2.90. The second-order valence-electron chi connectivity index (χ2n) is 8.06. The summed E-state index contributed by atoms with van der Waals surface area (Å²) in [4.78, 5) is 54.3. The van der Waals surface area contributed by atoms with E-state index in [9.17, 15) is 19.2 Å². The van der Waals surface area contributed by atoms with Crippen molar-refractivity contribution in [2.75, 3.05) is 24.3 Å². The minimum Gasteiger partial charge on any atom is -0.480 e. The number of nitrogens with two attached hydrogens (primary N) is 1. The summed E-state index contributed by atoms with van der Waals surface area (Å²) in [7, 11) is 1.34. The first-order chi connectivity index (χ1) is 15.7. The predicted molar refractivity (Wildman–Crippen MR) is 122 cm³/mol. The highest BCUT2D eigenvalue weighted by molar-refractivity contribution is 6.39. The van der Waals surface area contributed by atoms with Gasteiger partial charge in [-0.25, -0.2) is 4.98 Å². The van der Waals surface area contributed by atoms with E-state index in [-0.39, 0.29) is 35.0 Å². The summed E-state index contributed by atoms with van der Waals surface area (Å²) in [5.74, 6) is -2.20. The van der Waals surface area contributed by atoms with Gasteiger partial charge in [-0.05, 0) is 42.5 Å². The van der Waals surface area contributed by atoms with Crippen LogP contribution in [0, 0.1) is 5.92 Å². The number of carbonyl (C=O) groups is 4. The van der Waals surface area contributed by atoms with Gasteiger partial charge in [0.1, 0.15) is 5.56 Å². The van der Waals surface area contributed by atoms with Crippen LogP contribution in [-0.2, 0) is 14.4 Å². The lowest BCUT2D eigenvalue weighted by molar-refractivity contribution is -0.146. The number of amides is 4. The number of rotatable bonds is 5. The number of piperidine rings is 1. The van der Waals surface area contributed by atoms with Gasteiger partial charge in [0.15, 0.2) is 0 Å². The molecule has 4 amide bonds. The van der Waals surface area contributed by atoms with E-state index in [1.165, 1.54) is 26.3 Å². The minimum absolute atomic E-state index is 0.00789. The van der Waals surface area contributed by atoms with Crippen LogP contribution in [-0.4, -0.2) is 47.2 Å². The van der Waals surface area contributed by atoms with Gasteiger partial charge >= 0.3 is 11.8 Å². The number of hydrogen-bond donors (Lipinski definition) is 3. The summed E-state index contributed by atoms with van der Waals surface area (Å²) in [6, 6.07) is 8.27. The zero-order chi connectivity index (χ0) is 24.1. The lowest BCUT2D eigenvalue weighted by Gasteiger charge is -2.38. The normalized spacial score (nSPS) is 17.7. The monoisotopic (exact) mass is 453 g/mol. The molecule has 1 fully saturated rings. The topological polar surface area (TPSA) is 144 Å². The lowest BCUT2D eigenvalue weighted by atomic mass is 9.89. The van der Waals surface area contributed by atoms with Crippen LogP contribution in [0.5, 0.6) is 5.88 Å². The number of nitrogens with one attached hydrogen (secondary N) is 2. The molecule has 33 heavy (non-hydrogen) atoms.